The van der Waals surface area contributed by atoms with E-state index in [-0.39, 0.29) is 18.7 Å². The second-order valence-electron chi connectivity index (χ2n) is 10.1. The number of benzene rings is 4. The minimum atomic E-state index is -3.91. The zero-order valence-electron chi connectivity index (χ0n) is 24.3. The summed E-state index contributed by atoms with van der Waals surface area (Å²) in [5.74, 6) is -0.451. The fourth-order valence-electron chi connectivity index (χ4n) is 4.62. The minimum Gasteiger partial charge on any atom is -0.489 e. The molecule has 1 atom stereocenters. The van der Waals surface area contributed by atoms with Gasteiger partial charge < -0.3 is 15.0 Å². The summed E-state index contributed by atoms with van der Waals surface area (Å²) in [7, 11) is -2.42. The van der Waals surface area contributed by atoms with Crippen LogP contribution in [-0.2, 0) is 39.2 Å². The van der Waals surface area contributed by atoms with Crippen molar-refractivity contribution in [3.8, 4) is 5.75 Å². The van der Waals surface area contributed by atoms with E-state index >= 15 is 0 Å². The smallest absolute Gasteiger partial charge is 0.244 e. The summed E-state index contributed by atoms with van der Waals surface area (Å²) in [6, 6.07) is 29.3. The van der Waals surface area contributed by atoms with Gasteiger partial charge >= 0.3 is 0 Å². The van der Waals surface area contributed by atoms with Crippen LogP contribution < -0.4 is 14.4 Å². The van der Waals surface area contributed by atoms with Crippen molar-refractivity contribution in [2.75, 3.05) is 24.2 Å². The van der Waals surface area contributed by atoms with Crippen molar-refractivity contribution < 1.29 is 22.7 Å². The quantitative estimate of drug-likeness (QED) is 0.199. The van der Waals surface area contributed by atoms with E-state index in [1.807, 2.05) is 60.7 Å². The van der Waals surface area contributed by atoms with E-state index in [9.17, 15) is 18.0 Å². The molecular weight excluding hydrogens is 621 g/mol. The van der Waals surface area contributed by atoms with Crippen LogP contribution in [0.15, 0.2) is 103 Å². The van der Waals surface area contributed by atoms with Gasteiger partial charge in [0.05, 0.1) is 11.9 Å². The van der Waals surface area contributed by atoms with Crippen LogP contribution in [-0.4, -0.2) is 51.0 Å². The fourth-order valence-corrected chi connectivity index (χ4v) is 5.94. The number of amides is 2. The summed E-state index contributed by atoms with van der Waals surface area (Å²) >= 11 is 12.6. The number of likely N-dealkylation sites (N-methyl/N-ethyl adjacent to an activating group) is 1. The number of anilines is 1. The number of halogens is 2. The maximum atomic E-state index is 14.1. The van der Waals surface area contributed by atoms with Gasteiger partial charge in [-0.15, -0.1) is 0 Å². The number of rotatable bonds is 13. The Bertz CT molecular complexity index is 1670. The summed E-state index contributed by atoms with van der Waals surface area (Å²) in [6.45, 7) is -0.251. The van der Waals surface area contributed by atoms with Gasteiger partial charge in [-0.3, -0.25) is 13.9 Å². The average Bonchev–Trinajstić information content (AvgIpc) is 3.01. The molecule has 230 valence electrons. The van der Waals surface area contributed by atoms with Crippen molar-refractivity contribution in [3.63, 3.8) is 0 Å². The van der Waals surface area contributed by atoms with Crippen molar-refractivity contribution in [2.45, 2.75) is 25.6 Å². The zero-order valence-corrected chi connectivity index (χ0v) is 26.6. The molecule has 0 radical (unpaired) electrons. The maximum absolute atomic E-state index is 14.1. The van der Waals surface area contributed by atoms with Crippen molar-refractivity contribution in [3.05, 3.63) is 130 Å². The first-order valence-electron chi connectivity index (χ1n) is 13.8. The number of carbonyl (C=O) groups is 2. The third kappa shape index (κ3) is 8.98. The highest BCUT2D eigenvalue weighted by Crippen LogP contribution is 2.26. The van der Waals surface area contributed by atoms with Crippen LogP contribution in [0.4, 0.5) is 5.69 Å². The van der Waals surface area contributed by atoms with Crippen LogP contribution in [0.2, 0.25) is 10.0 Å². The fraction of sp³-hybridized carbons (Fsp3) is 0.212. The molecule has 0 aromatic heterocycles. The van der Waals surface area contributed by atoms with Gasteiger partial charge in [0, 0.05) is 30.1 Å². The number of hydrogen-bond donors (Lipinski definition) is 1. The molecule has 4 rings (SSSR count). The number of sulfonamides is 1. The third-order valence-electron chi connectivity index (χ3n) is 6.93. The molecule has 11 heteroatoms. The van der Waals surface area contributed by atoms with Crippen LogP contribution in [0.25, 0.3) is 0 Å². The normalized spacial score (nSPS) is 11.8. The van der Waals surface area contributed by atoms with Gasteiger partial charge in [0.15, 0.2) is 0 Å². The molecule has 0 aliphatic heterocycles. The topological polar surface area (TPSA) is 96.0 Å². The standard InChI is InChI=1S/C33H33Cl2N3O5S/c1-36-33(40)31(19-24-9-5-3-6-10-24)37(21-26-13-14-27(34)20-30(26)35)32(39)22-38(44(2,41)42)28-15-17-29(18-16-28)43-23-25-11-7-4-8-12-25/h3-18,20,31H,19,21-23H2,1-2H3,(H,36,40)/t31-/m1/s1. The van der Waals surface area contributed by atoms with Crippen LogP contribution in [0, 0.1) is 0 Å². The molecule has 0 bridgehead atoms. The second-order valence-corrected chi connectivity index (χ2v) is 12.9. The van der Waals surface area contributed by atoms with Gasteiger partial charge in [0.1, 0.15) is 24.9 Å². The SMILES string of the molecule is CNC(=O)[C@@H](Cc1ccccc1)N(Cc1ccc(Cl)cc1Cl)C(=O)CN(c1ccc(OCc2ccccc2)cc1)S(C)(=O)=O. The summed E-state index contributed by atoms with van der Waals surface area (Å²) in [5, 5.41) is 3.38. The van der Waals surface area contributed by atoms with Gasteiger partial charge in [-0.2, -0.15) is 0 Å². The van der Waals surface area contributed by atoms with E-state index < -0.39 is 34.4 Å². The number of nitrogens with one attached hydrogen (secondary N) is 1. The molecule has 0 spiro atoms. The summed E-state index contributed by atoms with van der Waals surface area (Å²) in [6.07, 6.45) is 1.23. The maximum Gasteiger partial charge on any atom is 0.244 e. The number of carbonyl (C=O) groups excluding carboxylic acids is 2. The zero-order chi connectivity index (χ0) is 31.7. The Morgan fingerprint density at radius 1 is 0.864 bits per heavy atom. The molecule has 8 nitrogen and oxygen atoms in total. The van der Waals surface area contributed by atoms with Gasteiger partial charge in [-0.1, -0.05) is 89.9 Å². The largest absolute Gasteiger partial charge is 0.489 e. The van der Waals surface area contributed by atoms with Gasteiger partial charge in [-0.05, 0) is 53.1 Å². The molecule has 0 saturated heterocycles. The number of nitrogens with zero attached hydrogens (tertiary/aromatic N) is 2. The Hall–Kier alpha value is -4.05. The molecular formula is C33H33Cl2N3O5S. The van der Waals surface area contributed by atoms with E-state index in [4.69, 9.17) is 27.9 Å². The van der Waals surface area contributed by atoms with Crippen LogP contribution >= 0.6 is 23.2 Å². The Kier molecular flexibility index (Phi) is 11.3. The molecule has 0 fully saturated rings. The Morgan fingerprint density at radius 2 is 1.48 bits per heavy atom. The van der Waals surface area contributed by atoms with Gasteiger partial charge in [0.2, 0.25) is 21.8 Å². The van der Waals surface area contributed by atoms with E-state index in [1.54, 1.807) is 42.5 Å². The predicted octanol–water partition coefficient (Wildman–Crippen LogP) is 5.72. The molecule has 1 N–H and O–H groups in total. The first-order chi connectivity index (χ1) is 21.0. The van der Waals surface area contributed by atoms with Crippen molar-refractivity contribution in [1.29, 1.82) is 0 Å². The van der Waals surface area contributed by atoms with Crippen LogP contribution in [0.3, 0.4) is 0 Å². The summed E-state index contributed by atoms with van der Waals surface area (Å²) in [5.41, 5.74) is 2.64. The van der Waals surface area contributed by atoms with Crippen molar-refractivity contribution in [2.24, 2.45) is 0 Å². The van der Waals surface area contributed by atoms with Gasteiger partial charge in [-0.25, -0.2) is 8.42 Å². The third-order valence-corrected chi connectivity index (χ3v) is 8.65. The van der Waals surface area contributed by atoms with E-state index in [0.717, 1.165) is 21.7 Å². The predicted molar refractivity (Wildman–Crippen MR) is 174 cm³/mol. The Balaban J connectivity index is 1.63. The second kappa shape index (κ2) is 15.1. The lowest BCUT2D eigenvalue weighted by atomic mass is 10.0. The lowest BCUT2D eigenvalue weighted by Gasteiger charge is -2.33. The van der Waals surface area contributed by atoms with Gasteiger partial charge in [0.25, 0.3) is 0 Å². The molecule has 4 aromatic carbocycles. The highest BCUT2D eigenvalue weighted by atomic mass is 35.5. The number of hydrogen-bond acceptors (Lipinski definition) is 5. The molecule has 0 aliphatic carbocycles. The molecule has 44 heavy (non-hydrogen) atoms. The molecule has 0 aliphatic rings. The highest BCUT2D eigenvalue weighted by molar-refractivity contribution is 7.92. The molecule has 0 heterocycles. The minimum absolute atomic E-state index is 0.0520. The molecule has 2 amide bonds. The van der Waals surface area contributed by atoms with Crippen molar-refractivity contribution >= 4 is 50.7 Å². The van der Waals surface area contributed by atoms with E-state index in [1.165, 1.54) is 11.9 Å². The van der Waals surface area contributed by atoms with E-state index in [0.29, 0.717) is 28.0 Å². The monoisotopic (exact) mass is 653 g/mol. The van der Waals surface area contributed by atoms with E-state index in [2.05, 4.69) is 5.32 Å². The van der Waals surface area contributed by atoms with Crippen molar-refractivity contribution in [1.82, 2.24) is 10.2 Å². The molecule has 0 saturated carbocycles. The van der Waals surface area contributed by atoms with Crippen LogP contribution in [0.5, 0.6) is 5.75 Å². The van der Waals surface area contributed by atoms with Crippen LogP contribution in [0.1, 0.15) is 16.7 Å². The number of ether oxygens (including phenoxy) is 1. The lowest BCUT2D eigenvalue weighted by molar-refractivity contribution is -0.139. The Morgan fingerprint density at radius 3 is 2.05 bits per heavy atom. The average molecular weight is 655 g/mol. The summed E-state index contributed by atoms with van der Waals surface area (Å²) < 4.78 is 32.8. The highest BCUT2D eigenvalue weighted by Gasteiger charge is 2.33. The first kappa shape index (κ1) is 32.9. The molecule has 0 unspecified atom stereocenters. The Labute approximate surface area is 268 Å². The summed E-state index contributed by atoms with van der Waals surface area (Å²) in [4.78, 5) is 28.7. The molecule has 4 aromatic rings. The first-order valence-corrected chi connectivity index (χ1v) is 16.4. The lowest BCUT2D eigenvalue weighted by Crippen LogP contribution is -2.52.